The monoisotopic (exact) mass is 258 g/mol. The van der Waals surface area contributed by atoms with Gasteiger partial charge in [-0.25, -0.2) is 0 Å². The molecule has 1 saturated carbocycles. The van der Waals surface area contributed by atoms with E-state index in [4.69, 9.17) is 5.21 Å². The van der Waals surface area contributed by atoms with E-state index in [0.717, 1.165) is 6.42 Å². The number of oxime groups is 1. The molecule has 0 heterocycles. The summed E-state index contributed by atoms with van der Waals surface area (Å²) in [5, 5.41) is 33.7. The van der Waals surface area contributed by atoms with Gasteiger partial charge >= 0.3 is 0 Å². The minimum atomic E-state index is -1.04. The Morgan fingerprint density at radius 1 is 1.56 bits per heavy atom. The van der Waals surface area contributed by atoms with Gasteiger partial charge in [0, 0.05) is 30.1 Å². The normalized spacial score (nSPS) is 37.6. The van der Waals surface area contributed by atoms with Gasteiger partial charge in [-0.05, 0) is 26.7 Å². The van der Waals surface area contributed by atoms with Crippen molar-refractivity contribution in [2.24, 2.45) is 11.1 Å². The Bertz CT molecular complexity index is 354. The second-order valence-electron chi connectivity index (χ2n) is 5.59. The molecule has 0 saturated heterocycles. The molecular formula is C12H22N2O4. The van der Waals surface area contributed by atoms with Crippen LogP contribution in [0.4, 0.5) is 0 Å². The van der Waals surface area contributed by atoms with E-state index in [1.165, 1.54) is 0 Å². The highest BCUT2D eigenvalue weighted by Gasteiger charge is 2.53. The fraction of sp³-hybridized carbons (Fsp3) is 0.917. The van der Waals surface area contributed by atoms with Crippen LogP contribution in [0.1, 0.15) is 52.9 Å². The van der Waals surface area contributed by atoms with Crippen molar-refractivity contribution in [2.75, 3.05) is 0 Å². The van der Waals surface area contributed by atoms with E-state index >= 15 is 0 Å². The lowest BCUT2D eigenvalue weighted by Gasteiger charge is -2.42. The van der Waals surface area contributed by atoms with Gasteiger partial charge in [0.05, 0.1) is 11.3 Å². The maximum Gasteiger partial charge on any atom is 0.223 e. The van der Waals surface area contributed by atoms with Crippen molar-refractivity contribution in [3.05, 3.63) is 10.1 Å². The predicted molar refractivity (Wildman–Crippen MR) is 67.5 cm³/mol. The summed E-state index contributed by atoms with van der Waals surface area (Å²) < 4.78 is 0. The van der Waals surface area contributed by atoms with Crippen molar-refractivity contribution in [3.8, 4) is 0 Å². The van der Waals surface area contributed by atoms with Crippen LogP contribution in [0.3, 0.4) is 0 Å². The minimum absolute atomic E-state index is 0.219. The maximum absolute atomic E-state index is 11.4. The van der Waals surface area contributed by atoms with Gasteiger partial charge in [-0.2, -0.15) is 0 Å². The van der Waals surface area contributed by atoms with Crippen molar-refractivity contribution in [1.82, 2.24) is 0 Å². The standard InChI is InChI=1S/C12H22N2O4/c1-4-5-12(14(17)18)7-6-11(3,15)10(8-12)9(2)13-16/h10,15-16H,4-8H2,1-3H3/b13-9+/t10-,11+,12+/m0/s1. The zero-order valence-corrected chi connectivity index (χ0v) is 11.2. The Balaban J connectivity index is 3.05. The summed E-state index contributed by atoms with van der Waals surface area (Å²) >= 11 is 0. The molecule has 0 aromatic heterocycles. The Labute approximate surface area is 107 Å². The van der Waals surface area contributed by atoms with Crippen molar-refractivity contribution in [1.29, 1.82) is 0 Å². The van der Waals surface area contributed by atoms with Crippen molar-refractivity contribution in [2.45, 2.75) is 64.0 Å². The fourth-order valence-corrected chi connectivity index (χ4v) is 2.98. The van der Waals surface area contributed by atoms with Crippen LogP contribution < -0.4 is 0 Å². The van der Waals surface area contributed by atoms with Crippen molar-refractivity contribution in [3.63, 3.8) is 0 Å². The topological polar surface area (TPSA) is 96.0 Å². The lowest BCUT2D eigenvalue weighted by molar-refractivity contribution is -0.579. The summed E-state index contributed by atoms with van der Waals surface area (Å²) in [6, 6.07) is 0. The molecule has 0 unspecified atom stereocenters. The highest BCUT2D eigenvalue weighted by molar-refractivity contribution is 5.85. The van der Waals surface area contributed by atoms with Gasteiger partial charge in [0.15, 0.2) is 0 Å². The van der Waals surface area contributed by atoms with Gasteiger partial charge in [0.25, 0.3) is 0 Å². The Hall–Kier alpha value is -1.17. The first-order chi connectivity index (χ1) is 8.29. The summed E-state index contributed by atoms with van der Waals surface area (Å²) in [7, 11) is 0. The third-order valence-corrected chi connectivity index (χ3v) is 4.20. The van der Waals surface area contributed by atoms with E-state index in [-0.39, 0.29) is 11.3 Å². The fourth-order valence-electron chi connectivity index (χ4n) is 2.98. The molecule has 6 heteroatoms. The summed E-state index contributed by atoms with van der Waals surface area (Å²) in [4.78, 5) is 11.1. The molecule has 0 aliphatic heterocycles. The molecule has 1 fully saturated rings. The Morgan fingerprint density at radius 3 is 2.61 bits per heavy atom. The SMILES string of the molecule is CCC[C@@]1([N+](=O)[O-])CC[C@@](C)(O)[C@H](/C(C)=N/O)C1. The van der Waals surface area contributed by atoms with Crippen LogP contribution in [-0.4, -0.2) is 32.1 Å². The number of nitrogens with zero attached hydrogens (tertiary/aromatic N) is 2. The second kappa shape index (κ2) is 5.22. The van der Waals surface area contributed by atoms with E-state index in [9.17, 15) is 15.2 Å². The zero-order valence-electron chi connectivity index (χ0n) is 11.2. The van der Waals surface area contributed by atoms with E-state index in [2.05, 4.69) is 5.16 Å². The maximum atomic E-state index is 11.4. The van der Waals surface area contributed by atoms with Crippen LogP contribution in [0.25, 0.3) is 0 Å². The number of hydrogen-bond donors (Lipinski definition) is 2. The van der Waals surface area contributed by atoms with Gasteiger partial charge in [-0.15, -0.1) is 0 Å². The number of hydrogen-bond acceptors (Lipinski definition) is 5. The smallest absolute Gasteiger partial charge is 0.223 e. The van der Waals surface area contributed by atoms with Crippen molar-refractivity contribution < 1.29 is 15.2 Å². The molecule has 6 nitrogen and oxygen atoms in total. The number of rotatable bonds is 4. The molecular weight excluding hydrogens is 236 g/mol. The average molecular weight is 258 g/mol. The third-order valence-electron chi connectivity index (χ3n) is 4.20. The molecule has 0 aromatic carbocycles. The van der Waals surface area contributed by atoms with E-state index < -0.39 is 17.1 Å². The second-order valence-corrected chi connectivity index (χ2v) is 5.59. The molecule has 0 spiro atoms. The molecule has 1 aliphatic carbocycles. The van der Waals surface area contributed by atoms with Crippen LogP contribution in [0, 0.1) is 16.0 Å². The summed E-state index contributed by atoms with van der Waals surface area (Å²) in [5.41, 5.74) is -1.67. The first-order valence-corrected chi connectivity index (χ1v) is 6.34. The Morgan fingerprint density at radius 2 is 2.17 bits per heavy atom. The molecule has 1 rings (SSSR count). The third kappa shape index (κ3) is 2.63. The molecule has 1 aliphatic rings. The minimum Gasteiger partial charge on any atom is -0.411 e. The Kier molecular flexibility index (Phi) is 4.32. The first kappa shape index (κ1) is 14.9. The van der Waals surface area contributed by atoms with Crippen LogP contribution in [0.5, 0.6) is 0 Å². The summed E-state index contributed by atoms with van der Waals surface area (Å²) in [6.45, 7) is 5.17. The lowest BCUT2D eigenvalue weighted by atomic mass is 9.65. The molecule has 0 aromatic rings. The van der Waals surface area contributed by atoms with Gasteiger partial charge in [0.2, 0.25) is 5.54 Å². The predicted octanol–water partition coefficient (Wildman–Crippen LogP) is 2.20. The van der Waals surface area contributed by atoms with Crippen LogP contribution >= 0.6 is 0 Å². The van der Waals surface area contributed by atoms with E-state index in [1.54, 1.807) is 13.8 Å². The number of aliphatic hydroxyl groups is 1. The molecule has 104 valence electrons. The van der Waals surface area contributed by atoms with Crippen LogP contribution in [0.15, 0.2) is 5.16 Å². The highest BCUT2D eigenvalue weighted by atomic mass is 16.6. The van der Waals surface area contributed by atoms with Gasteiger partial charge in [-0.3, -0.25) is 10.1 Å². The summed E-state index contributed by atoms with van der Waals surface area (Å²) in [5.74, 6) is -0.465. The van der Waals surface area contributed by atoms with Crippen molar-refractivity contribution >= 4 is 5.71 Å². The van der Waals surface area contributed by atoms with Crippen LogP contribution in [0.2, 0.25) is 0 Å². The van der Waals surface area contributed by atoms with Crippen LogP contribution in [-0.2, 0) is 0 Å². The highest BCUT2D eigenvalue weighted by Crippen LogP contribution is 2.43. The van der Waals surface area contributed by atoms with E-state index in [0.29, 0.717) is 25.0 Å². The van der Waals surface area contributed by atoms with E-state index in [1.807, 2.05) is 6.92 Å². The average Bonchev–Trinajstić information content (AvgIpc) is 2.30. The molecule has 2 N–H and O–H groups in total. The first-order valence-electron chi connectivity index (χ1n) is 6.34. The molecule has 0 radical (unpaired) electrons. The molecule has 18 heavy (non-hydrogen) atoms. The largest absolute Gasteiger partial charge is 0.411 e. The zero-order chi connectivity index (χ0) is 14.0. The lowest BCUT2D eigenvalue weighted by Crippen LogP contribution is -2.53. The molecule has 0 amide bonds. The van der Waals surface area contributed by atoms with Gasteiger partial charge < -0.3 is 10.3 Å². The molecule has 0 bridgehead atoms. The quantitative estimate of drug-likeness (QED) is 0.349. The van der Waals surface area contributed by atoms with Gasteiger partial charge in [0.1, 0.15) is 0 Å². The number of nitro groups is 1. The summed E-state index contributed by atoms with van der Waals surface area (Å²) in [6.07, 6.45) is 2.18. The van der Waals surface area contributed by atoms with Gasteiger partial charge in [-0.1, -0.05) is 12.1 Å². The molecule has 3 atom stereocenters.